The van der Waals surface area contributed by atoms with Crippen LogP contribution in [-0.4, -0.2) is 47.6 Å². The van der Waals surface area contributed by atoms with Crippen LogP contribution >= 0.6 is 0 Å². The summed E-state index contributed by atoms with van der Waals surface area (Å²) in [5.41, 5.74) is 0.917. The molecular formula is C27H26F2N4O5S. The summed E-state index contributed by atoms with van der Waals surface area (Å²) in [5, 5.41) is 0.420. The van der Waals surface area contributed by atoms with E-state index in [0.29, 0.717) is 35.7 Å². The Morgan fingerprint density at radius 1 is 1.05 bits per heavy atom. The SMILES string of the molecule is CCS(=O)(=O)Nc1ccc(Oc2ccc(F)cc2F)c(-c2cn(C)c3c(=O)[nH]c(C(=O)N4CCCC4)cc23)c1. The lowest BCUT2D eigenvalue weighted by atomic mass is 10.0. The molecule has 4 aromatic rings. The number of aromatic nitrogens is 2. The zero-order chi connectivity index (χ0) is 27.9. The summed E-state index contributed by atoms with van der Waals surface area (Å²) in [6.45, 7) is 2.69. The van der Waals surface area contributed by atoms with Crippen LogP contribution in [0.2, 0.25) is 0 Å². The van der Waals surface area contributed by atoms with Crippen molar-refractivity contribution >= 4 is 32.5 Å². The van der Waals surface area contributed by atoms with Gasteiger partial charge in [-0.3, -0.25) is 14.3 Å². The number of pyridine rings is 1. The molecule has 12 heteroatoms. The van der Waals surface area contributed by atoms with E-state index in [1.165, 1.54) is 25.1 Å². The van der Waals surface area contributed by atoms with E-state index in [-0.39, 0.29) is 40.1 Å². The fourth-order valence-electron chi connectivity index (χ4n) is 4.68. The van der Waals surface area contributed by atoms with Crippen molar-refractivity contribution in [2.75, 3.05) is 23.6 Å². The molecule has 0 spiro atoms. The number of halogens is 2. The molecule has 0 saturated carbocycles. The van der Waals surface area contributed by atoms with Crippen molar-refractivity contribution in [2.24, 2.45) is 7.05 Å². The normalized spacial score (nSPS) is 13.7. The van der Waals surface area contributed by atoms with Crippen molar-refractivity contribution in [3.63, 3.8) is 0 Å². The minimum atomic E-state index is -3.63. The number of amides is 1. The minimum absolute atomic E-state index is 0.122. The number of aryl methyl sites for hydroxylation is 1. The van der Waals surface area contributed by atoms with Crippen LogP contribution in [0.25, 0.3) is 22.0 Å². The second kappa shape index (κ2) is 10.2. The zero-order valence-corrected chi connectivity index (χ0v) is 22.1. The van der Waals surface area contributed by atoms with Gasteiger partial charge < -0.3 is 19.2 Å². The van der Waals surface area contributed by atoms with E-state index in [9.17, 15) is 26.8 Å². The van der Waals surface area contributed by atoms with Crippen LogP contribution in [0.5, 0.6) is 11.5 Å². The second-order valence-corrected chi connectivity index (χ2v) is 11.3. The largest absolute Gasteiger partial charge is 0.454 e. The molecular weight excluding hydrogens is 530 g/mol. The molecule has 0 atom stereocenters. The van der Waals surface area contributed by atoms with Gasteiger partial charge >= 0.3 is 0 Å². The second-order valence-electron chi connectivity index (χ2n) is 9.32. The quantitative estimate of drug-likeness (QED) is 0.345. The van der Waals surface area contributed by atoms with Gasteiger partial charge in [0.05, 0.1) is 5.75 Å². The molecule has 1 saturated heterocycles. The molecule has 0 aliphatic carbocycles. The lowest BCUT2D eigenvalue weighted by Gasteiger charge is -2.16. The highest BCUT2D eigenvalue weighted by Gasteiger charge is 2.24. The first-order valence-corrected chi connectivity index (χ1v) is 14.0. The lowest BCUT2D eigenvalue weighted by molar-refractivity contribution is 0.0787. The molecule has 3 heterocycles. The van der Waals surface area contributed by atoms with Gasteiger partial charge in [-0.25, -0.2) is 17.2 Å². The fourth-order valence-corrected chi connectivity index (χ4v) is 5.31. The van der Waals surface area contributed by atoms with Crippen molar-refractivity contribution in [1.29, 1.82) is 0 Å². The standard InChI is InChI=1S/C27H26F2N4O5S/c1-3-39(36,37)31-17-7-9-23(38-24-8-6-16(28)12-21(24)29)18(13-17)20-15-32(2)25-19(20)14-22(30-26(25)34)27(35)33-10-4-5-11-33/h6-9,12-15,31H,3-5,10-11H2,1-2H3,(H,30,34). The number of H-pyrrole nitrogens is 1. The predicted molar refractivity (Wildman–Crippen MR) is 144 cm³/mol. The zero-order valence-electron chi connectivity index (χ0n) is 21.3. The molecule has 1 aliphatic rings. The fraction of sp³-hybridized carbons (Fsp3) is 0.259. The van der Waals surface area contributed by atoms with Crippen LogP contribution < -0.4 is 15.0 Å². The average Bonchev–Trinajstić information content (AvgIpc) is 3.54. The molecule has 0 bridgehead atoms. The number of benzene rings is 2. The Bertz CT molecular complexity index is 1760. The molecule has 1 amide bonds. The van der Waals surface area contributed by atoms with Gasteiger partial charge in [-0.05, 0) is 56.2 Å². The van der Waals surface area contributed by atoms with Gasteiger partial charge in [-0.2, -0.15) is 0 Å². The van der Waals surface area contributed by atoms with Gasteiger partial charge in [0, 0.05) is 54.6 Å². The third-order valence-electron chi connectivity index (χ3n) is 6.63. The van der Waals surface area contributed by atoms with Crippen LogP contribution in [-0.2, 0) is 17.1 Å². The van der Waals surface area contributed by atoms with Crippen LogP contribution in [0.4, 0.5) is 14.5 Å². The van der Waals surface area contributed by atoms with Gasteiger partial charge in [-0.15, -0.1) is 0 Å². The van der Waals surface area contributed by atoms with Crippen molar-refractivity contribution in [3.05, 3.63) is 76.3 Å². The summed E-state index contributed by atoms with van der Waals surface area (Å²) >= 11 is 0. The first kappa shape index (κ1) is 26.4. The molecule has 2 aromatic heterocycles. The number of nitrogens with zero attached hydrogens (tertiary/aromatic N) is 2. The molecule has 0 unspecified atom stereocenters. The number of ether oxygens (including phenoxy) is 1. The maximum absolute atomic E-state index is 14.5. The Hall–Kier alpha value is -4.19. The summed E-state index contributed by atoms with van der Waals surface area (Å²) in [6, 6.07) is 8.87. The van der Waals surface area contributed by atoms with E-state index in [2.05, 4.69) is 9.71 Å². The Morgan fingerprint density at radius 3 is 2.46 bits per heavy atom. The van der Waals surface area contributed by atoms with Crippen molar-refractivity contribution in [2.45, 2.75) is 19.8 Å². The summed E-state index contributed by atoms with van der Waals surface area (Å²) in [7, 11) is -1.97. The Morgan fingerprint density at radius 2 is 1.77 bits per heavy atom. The van der Waals surface area contributed by atoms with Gasteiger partial charge in [0.2, 0.25) is 10.0 Å². The molecule has 9 nitrogen and oxygen atoms in total. The predicted octanol–water partition coefficient (Wildman–Crippen LogP) is 4.60. The summed E-state index contributed by atoms with van der Waals surface area (Å²) in [5.74, 6) is -2.27. The Balaban J connectivity index is 1.69. The third-order valence-corrected chi connectivity index (χ3v) is 7.94. The van der Waals surface area contributed by atoms with E-state index in [0.717, 1.165) is 25.0 Å². The highest BCUT2D eigenvalue weighted by Crippen LogP contribution is 2.40. The van der Waals surface area contributed by atoms with Gasteiger partial charge in [0.25, 0.3) is 11.5 Å². The minimum Gasteiger partial charge on any atom is -0.454 e. The van der Waals surface area contributed by atoms with E-state index in [4.69, 9.17) is 4.74 Å². The number of carbonyl (C=O) groups excluding carboxylic acids is 1. The van der Waals surface area contributed by atoms with Gasteiger partial charge in [0.1, 0.15) is 22.8 Å². The van der Waals surface area contributed by atoms with Crippen LogP contribution in [0.15, 0.2) is 53.5 Å². The molecule has 1 fully saturated rings. The molecule has 39 heavy (non-hydrogen) atoms. The van der Waals surface area contributed by atoms with Crippen molar-refractivity contribution in [1.82, 2.24) is 14.5 Å². The van der Waals surface area contributed by atoms with E-state index < -0.39 is 27.2 Å². The molecule has 204 valence electrons. The maximum Gasteiger partial charge on any atom is 0.273 e. The van der Waals surface area contributed by atoms with Gasteiger partial charge in [-0.1, -0.05) is 0 Å². The summed E-state index contributed by atoms with van der Waals surface area (Å²) in [4.78, 5) is 30.5. The maximum atomic E-state index is 14.5. The molecule has 1 aliphatic heterocycles. The number of carbonyl (C=O) groups is 1. The number of likely N-dealkylation sites (tertiary alicyclic amines) is 1. The molecule has 5 rings (SSSR count). The monoisotopic (exact) mass is 556 g/mol. The topological polar surface area (TPSA) is 113 Å². The number of sulfonamides is 1. The van der Waals surface area contributed by atoms with E-state index >= 15 is 0 Å². The number of rotatable bonds is 7. The highest BCUT2D eigenvalue weighted by molar-refractivity contribution is 7.92. The van der Waals surface area contributed by atoms with Crippen molar-refractivity contribution in [3.8, 4) is 22.6 Å². The lowest BCUT2D eigenvalue weighted by Crippen LogP contribution is -2.30. The van der Waals surface area contributed by atoms with Crippen LogP contribution in [0.3, 0.4) is 0 Å². The third kappa shape index (κ3) is 5.24. The Labute approximate surface area is 223 Å². The highest BCUT2D eigenvalue weighted by atomic mass is 32.2. The number of nitrogens with one attached hydrogen (secondary N) is 2. The van der Waals surface area contributed by atoms with Crippen LogP contribution in [0.1, 0.15) is 30.3 Å². The van der Waals surface area contributed by atoms with Crippen molar-refractivity contribution < 1.29 is 26.7 Å². The number of fused-ring (bicyclic) bond motifs is 1. The molecule has 2 N–H and O–H groups in total. The van der Waals surface area contributed by atoms with E-state index in [1.54, 1.807) is 28.8 Å². The number of hydrogen-bond acceptors (Lipinski definition) is 5. The van der Waals surface area contributed by atoms with Crippen LogP contribution in [0, 0.1) is 11.6 Å². The Kier molecular flexibility index (Phi) is 6.89. The first-order valence-electron chi connectivity index (χ1n) is 12.4. The number of aromatic amines is 1. The first-order chi connectivity index (χ1) is 18.6. The smallest absolute Gasteiger partial charge is 0.273 e. The summed E-state index contributed by atoms with van der Waals surface area (Å²) < 4.78 is 62.3. The van der Waals surface area contributed by atoms with E-state index in [1.807, 2.05) is 0 Å². The number of hydrogen-bond donors (Lipinski definition) is 2. The average molecular weight is 557 g/mol. The summed E-state index contributed by atoms with van der Waals surface area (Å²) in [6.07, 6.45) is 3.41. The molecule has 0 radical (unpaired) electrons. The number of anilines is 1. The van der Waals surface area contributed by atoms with Gasteiger partial charge in [0.15, 0.2) is 11.6 Å². The molecule has 2 aromatic carbocycles.